The first-order chi connectivity index (χ1) is 18.7. The summed E-state index contributed by atoms with van der Waals surface area (Å²) in [6.45, 7) is 0.812. The summed E-state index contributed by atoms with van der Waals surface area (Å²) in [4.78, 5) is 28.4. The van der Waals surface area contributed by atoms with Gasteiger partial charge in [0.2, 0.25) is 21.8 Å². The van der Waals surface area contributed by atoms with E-state index in [4.69, 9.17) is 23.2 Å². The van der Waals surface area contributed by atoms with Crippen molar-refractivity contribution in [1.82, 2.24) is 10.2 Å². The maximum Gasteiger partial charge on any atom is 0.416 e. The van der Waals surface area contributed by atoms with E-state index in [0.717, 1.165) is 50.5 Å². The fourth-order valence-electron chi connectivity index (χ4n) is 4.73. The average Bonchev–Trinajstić information content (AvgIpc) is 2.88. The first-order valence-corrected chi connectivity index (χ1v) is 15.5. The lowest BCUT2D eigenvalue weighted by Gasteiger charge is -2.34. The fraction of sp³-hybridized carbons (Fsp3) is 0.481. The third kappa shape index (κ3) is 8.50. The van der Waals surface area contributed by atoms with E-state index in [1.807, 2.05) is 0 Å². The van der Waals surface area contributed by atoms with Crippen molar-refractivity contribution in [3.05, 3.63) is 63.6 Å². The number of sulfonamides is 1. The van der Waals surface area contributed by atoms with Crippen LogP contribution in [0.1, 0.15) is 56.6 Å². The molecule has 1 N–H and O–H groups in total. The van der Waals surface area contributed by atoms with E-state index in [0.29, 0.717) is 21.0 Å². The number of nitrogens with zero attached hydrogens (tertiary/aromatic N) is 2. The molecule has 0 heterocycles. The molecule has 0 aliphatic heterocycles. The summed E-state index contributed by atoms with van der Waals surface area (Å²) < 4.78 is 66.3. The van der Waals surface area contributed by atoms with Crippen molar-refractivity contribution in [2.45, 2.75) is 70.3 Å². The van der Waals surface area contributed by atoms with Gasteiger partial charge in [0.25, 0.3) is 0 Å². The van der Waals surface area contributed by atoms with Gasteiger partial charge in [0.15, 0.2) is 0 Å². The predicted octanol–water partition coefficient (Wildman–Crippen LogP) is 6.03. The van der Waals surface area contributed by atoms with E-state index in [1.165, 1.54) is 4.90 Å². The normalized spacial score (nSPS) is 15.4. The number of carbonyl (C=O) groups is 2. The molecule has 220 valence electrons. The molecule has 3 rings (SSSR count). The van der Waals surface area contributed by atoms with Gasteiger partial charge in [-0.25, -0.2) is 8.42 Å². The zero-order valence-electron chi connectivity index (χ0n) is 22.2. The van der Waals surface area contributed by atoms with E-state index >= 15 is 0 Å². The van der Waals surface area contributed by atoms with Crippen LogP contribution < -0.4 is 9.62 Å². The Bertz CT molecular complexity index is 1300. The van der Waals surface area contributed by atoms with Crippen LogP contribution in [-0.4, -0.2) is 50.0 Å². The van der Waals surface area contributed by atoms with Crippen molar-refractivity contribution in [1.29, 1.82) is 0 Å². The Morgan fingerprint density at radius 1 is 1.05 bits per heavy atom. The van der Waals surface area contributed by atoms with Crippen LogP contribution in [0.2, 0.25) is 10.0 Å². The first kappa shape index (κ1) is 32.0. The van der Waals surface area contributed by atoms with Gasteiger partial charge in [0, 0.05) is 17.6 Å². The lowest BCUT2D eigenvalue weighted by atomic mass is 9.95. The van der Waals surface area contributed by atoms with Crippen LogP contribution in [-0.2, 0) is 32.3 Å². The Morgan fingerprint density at radius 3 is 2.23 bits per heavy atom. The number of hydrogen-bond donors (Lipinski definition) is 1. The van der Waals surface area contributed by atoms with Crippen molar-refractivity contribution >= 4 is 50.7 Å². The predicted molar refractivity (Wildman–Crippen MR) is 150 cm³/mol. The molecule has 2 amide bonds. The minimum atomic E-state index is -4.77. The van der Waals surface area contributed by atoms with E-state index in [2.05, 4.69) is 5.32 Å². The summed E-state index contributed by atoms with van der Waals surface area (Å²) >= 11 is 12.1. The van der Waals surface area contributed by atoms with Gasteiger partial charge in [-0.15, -0.1) is 0 Å². The van der Waals surface area contributed by atoms with Crippen molar-refractivity contribution in [3.8, 4) is 0 Å². The lowest BCUT2D eigenvalue weighted by molar-refractivity contribution is -0.140. The van der Waals surface area contributed by atoms with Crippen LogP contribution >= 0.6 is 23.2 Å². The van der Waals surface area contributed by atoms with Crippen LogP contribution in [0, 0.1) is 0 Å². The molecular formula is C27H32Cl2F3N3O4S. The summed E-state index contributed by atoms with van der Waals surface area (Å²) in [5.41, 5.74) is -0.979. The quantitative estimate of drug-likeness (QED) is 0.351. The molecule has 13 heteroatoms. The van der Waals surface area contributed by atoms with Crippen LogP contribution in [0.5, 0.6) is 0 Å². The second-order valence-electron chi connectivity index (χ2n) is 9.85. The topological polar surface area (TPSA) is 86.8 Å². The SMILES string of the molecule is CC[C@H](C(=O)NC1CCCCC1)N(Cc1ccc(Cl)cc1)C(=O)CN(c1cc(C(F)(F)F)ccc1Cl)S(C)(=O)=O. The van der Waals surface area contributed by atoms with E-state index in [-0.39, 0.29) is 29.9 Å². The zero-order valence-corrected chi connectivity index (χ0v) is 24.5. The molecule has 0 saturated heterocycles. The molecule has 1 saturated carbocycles. The van der Waals surface area contributed by atoms with Crippen molar-refractivity contribution in [2.24, 2.45) is 0 Å². The van der Waals surface area contributed by atoms with Gasteiger partial charge in [0.1, 0.15) is 12.6 Å². The lowest BCUT2D eigenvalue weighted by Crippen LogP contribution is -2.54. The van der Waals surface area contributed by atoms with Crippen LogP contribution in [0.15, 0.2) is 42.5 Å². The molecule has 2 aromatic carbocycles. The third-order valence-corrected chi connectivity index (χ3v) is 8.52. The number of amides is 2. The Labute approximate surface area is 242 Å². The number of alkyl halides is 3. The van der Waals surface area contributed by atoms with Crippen LogP contribution in [0.3, 0.4) is 0 Å². The van der Waals surface area contributed by atoms with Crippen molar-refractivity contribution in [3.63, 3.8) is 0 Å². The van der Waals surface area contributed by atoms with E-state index in [1.54, 1.807) is 31.2 Å². The third-order valence-electron chi connectivity index (χ3n) is 6.82. The number of halogens is 5. The Kier molecular flexibility index (Phi) is 10.8. The minimum absolute atomic E-state index is 0.0285. The summed E-state index contributed by atoms with van der Waals surface area (Å²) in [5, 5.41) is 3.20. The molecule has 0 bridgehead atoms. The highest BCUT2D eigenvalue weighted by Crippen LogP contribution is 2.36. The molecule has 0 aromatic heterocycles. The monoisotopic (exact) mass is 621 g/mol. The van der Waals surface area contributed by atoms with Crippen LogP contribution in [0.25, 0.3) is 0 Å². The average molecular weight is 623 g/mol. The molecule has 0 radical (unpaired) electrons. The van der Waals surface area contributed by atoms with Gasteiger partial charge in [-0.2, -0.15) is 13.2 Å². The highest BCUT2D eigenvalue weighted by Gasteiger charge is 2.35. The summed E-state index contributed by atoms with van der Waals surface area (Å²) in [6, 6.07) is 7.85. The number of carbonyl (C=O) groups excluding carboxylic acids is 2. The number of anilines is 1. The second-order valence-corrected chi connectivity index (χ2v) is 12.6. The van der Waals surface area contributed by atoms with Crippen LogP contribution in [0.4, 0.5) is 18.9 Å². The molecule has 40 heavy (non-hydrogen) atoms. The molecule has 7 nitrogen and oxygen atoms in total. The minimum Gasteiger partial charge on any atom is -0.352 e. The Morgan fingerprint density at radius 2 is 1.68 bits per heavy atom. The van der Waals surface area contributed by atoms with Crippen molar-refractivity contribution < 1.29 is 31.2 Å². The van der Waals surface area contributed by atoms with Gasteiger partial charge in [-0.1, -0.05) is 61.5 Å². The van der Waals surface area contributed by atoms with Gasteiger partial charge in [-0.05, 0) is 55.2 Å². The zero-order chi connectivity index (χ0) is 29.7. The summed E-state index contributed by atoms with van der Waals surface area (Å²) in [6.07, 6.45) is 0.926. The smallest absolute Gasteiger partial charge is 0.352 e. The fourth-order valence-corrected chi connectivity index (χ4v) is 5.97. The first-order valence-electron chi connectivity index (χ1n) is 12.9. The highest BCUT2D eigenvalue weighted by atomic mass is 35.5. The largest absolute Gasteiger partial charge is 0.416 e. The van der Waals surface area contributed by atoms with E-state index in [9.17, 15) is 31.2 Å². The van der Waals surface area contributed by atoms with Gasteiger partial charge in [-0.3, -0.25) is 13.9 Å². The Hall–Kier alpha value is -2.50. The maximum atomic E-state index is 13.8. The van der Waals surface area contributed by atoms with E-state index < -0.39 is 45.9 Å². The molecule has 2 aromatic rings. The molecule has 1 fully saturated rings. The number of nitrogens with one attached hydrogen (secondary N) is 1. The molecular weight excluding hydrogens is 590 g/mol. The number of rotatable bonds is 10. The molecule has 0 spiro atoms. The maximum absolute atomic E-state index is 13.8. The summed E-state index contributed by atoms with van der Waals surface area (Å²) in [7, 11) is -4.27. The Balaban J connectivity index is 1.98. The summed E-state index contributed by atoms with van der Waals surface area (Å²) in [5.74, 6) is -1.15. The molecule has 0 unspecified atom stereocenters. The standard InChI is InChI=1S/C27H32Cl2F3N3O4S/c1-3-23(26(37)33-21-7-5-4-6-8-21)34(16-18-9-12-20(28)13-10-18)25(36)17-35(40(2,38)39)24-15-19(27(30,31)32)11-14-22(24)29/h9-15,21,23H,3-8,16-17H2,1-2H3,(H,33,37)/t23-/m1/s1. The second kappa shape index (κ2) is 13.4. The number of benzene rings is 2. The van der Waals surface area contributed by atoms with Gasteiger partial charge in [0.05, 0.1) is 22.5 Å². The molecule has 1 aliphatic rings. The van der Waals surface area contributed by atoms with Gasteiger partial charge < -0.3 is 10.2 Å². The van der Waals surface area contributed by atoms with Crippen molar-refractivity contribution in [2.75, 3.05) is 17.1 Å². The van der Waals surface area contributed by atoms with Gasteiger partial charge >= 0.3 is 6.18 Å². The molecule has 1 aliphatic carbocycles. The number of hydrogen-bond acceptors (Lipinski definition) is 4. The molecule has 1 atom stereocenters. The highest BCUT2D eigenvalue weighted by molar-refractivity contribution is 7.92.